The van der Waals surface area contributed by atoms with E-state index in [9.17, 15) is 10.1 Å². The summed E-state index contributed by atoms with van der Waals surface area (Å²) in [5.74, 6) is 0.738. The molecule has 1 saturated carbocycles. The highest BCUT2D eigenvalue weighted by Gasteiger charge is 2.35. The smallest absolute Gasteiger partial charge is 0.259 e. The second-order valence-corrected chi connectivity index (χ2v) is 3.92. The highest BCUT2D eigenvalue weighted by Crippen LogP contribution is 2.44. The molecule has 0 atom stereocenters. The van der Waals surface area contributed by atoms with E-state index < -0.39 is 4.92 Å². The Hall–Kier alpha value is -2.31. The van der Waals surface area contributed by atoms with Crippen molar-refractivity contribution in [1.29, 1.82) is 0 Å². The van der Waals surface area contributed by atoms with E-state index in [1.807, 2.05) is 0 Å². The molecule has 17 heavy (non-hydrogen) atoms. The van der Waals surface area contributed by atoms with Gasteiger partial charge in [0.1, 0.15) is 11.9 Å². The fourth-order valence-corrected chi connectivity index (χ4v) is 1.81. The van der Waals surface area contributed by atoms with Crippen LogP contribution in [0.15, 0.2) is 24.8 Å². The predicted octanol–water partition coefficient (Wildman–Crippen LogP) is 1.45. The fraction of sp³-hybridized carbons (Fsp3) is 0.300. The van der Waals surface area contributed by atoms with Crippen LogP contribution in [0.3, 0.4) is 0 Å². The molecule has 0 bridgehead atoms. The van der Waals surface area contributed by atoms with Crippen molar-refractivity contribution >= 4 is 5.69 Å². The largest absolute Gasteiger partial charge is 0.310 e. The van der Waals surface area contributed by atoms with Crippen LogP contribution in [0.5, 0.6) is 0 Å². The molecule has 7 heteroatoms. The van der Waals surface area contributed by atoms with Gasteiger partial charge in [-0.2, -0.15) is 5.10 Å². The molecule has 0 N–H and O–H groups in total. The van der Waals surface area contributed by atoms with Crippen molar-refractivity contribution in [2.45, 2.75) is 18.8 Å². The van der Waals surface area contributed by atoms with E-state index >= 15 is 0 Å². The molecule has 0 amide bonds. The van der Waals surface area contributed by atoms with Gasteiger partial charge in [0.25, 0.3) is 0 Å². The first-order chi connectivity index (χ1) is 8.27. The van der Waals surface area contributed by atoms with E-state index in [1.54, 1.807) is 18.6 Å². The summed E-state index contributed by atoms with van der Waals surface area (Å²) in [5.41, 5.74) is 0.702. The summed E-state index contributed by atoms with van der Waals surface area (Å²) in [6.07, 6.45) is 7.85. The van der Waals surface area contributed by atoms with Gasteiger partial charge in [-0.25, -0.2) is 9.67 Å². The van der Waals surface area contributed by atoms with E-state index in [0.717, 1.165) is 12.8 Å². The third-order valence-electron chi connectivity index (χ3n) is 2.71. The molecule has 3 rings (SSSR count). The van der Waals surface area contributed by atoms with Gasteiger partial charge in [0.15, 0.2) is 5.82 Å². The van der Waals surface area contributed by atoms with Gasteiger partial charge >= 0.3 is 5.69 Å². The van der Waals surface area contributed by atoms with Gasteiger partial charge in [0, 0.05) is 18.3 Å². The number of hydrogen-bond acceptors (Lipinski definition) is 5. The van der Waals surface area contributed by atoms with Crippen LogP contribution in [-0.4, -0.2) is 24.7 Å². The van der Waals surface area contributed by atoms with Crippen molar-refractivity contribution in [2.75, 3.05) is 0 Å². The third-order valence-corrected chi connectivity index (χ3v) is 2.71. The second kappa shape index (κ2) is 3.62. The lowest BCUT2D eigenvalue weighted by atomic mass is 10.2. The lowest BCUT2D eigenvalue weighted by Gasteiger charge is -2.03. The zero-order chi connectivity index (χ0) is 11.8. The second-order valence-electron chi connectivity index (χ2n) is 3.92. The minimum Gasteiger partial charge on any atom is -0.259 e. The Kier molecular flexibility index (Phi) is 2.10. The van der Waals surface area contributed by atoms with Crippen molar-refractivity contribution < 1.29 is 4.92 Å². The van der Waals surface area contributed by atoms with E-state index in [1.165, 1.54) is 10.9 Å². The SMILES string of the molecule is O=[N+]([O-])c1cnn(-c2cnccn2)c1C1CC1. The molecule has 2 aromatic rings. The number of rotatable bonds is 3. The molecule has 86 valence electrons. The summed E-state index contributed by atoms with van der Waals surface area (Å²) in [6.45, 7) is 0. The summed E-state index contributed by atoms with van der Waals surface area (Å²) < 4.78 is 1.52. The Morgan fingerprint density at radius 2 is 2.18 bits per heavy atom. The summed E-state index contributed by atoms with van der Waals surface area (Å²) in [5, 5.41) is 15.0. The van der Waals surface area contributed by atoms with Gasteiger partial charge in [-0.3, -0.25) is 15.1 Å². The van der Waals surface area contributed by atoms with E-state index in [4.69, 9.17) is 0 Å². The van der Waals surface area contributed by atoms with Crippen LogP contribution in [0.4, 0.5) is 5.69 Å². The minimum atomic E-state index is -0.395. The van der Waals surface area contributed by atoms with Gasteiger partial charge < -0.3 is 0 Å². The van der Waals surface area contributed by atoms with Crippen molar-refractivity contribution in [2.24, 2.45) is 0 Å². The first-order valence-corrected chi connectivity index (χ1v) is 5.26. The van der Waals surface area contributed by atoms with Crippen LogP contribution in [0.1, 0.15) is 24.5 Å². The number of hydrogen-bond donors (Lipinski definition) is 0. The van der Waals surface area contributed by atoms with Crippen molar-refractivity contribution in [3.8, 4) is 5.82 Å². The average molecular weight is 231 g/mol. The summed E-state index contributed by atoms with van der Waals surface area (Å²) in [4.78, 5) is 18.6. The van der Waals surface area contributed by atoms with Crippen LogP contribution in [0, 0.1) is 10.1 Å². The molecule has 1 aliphatic carbocycles. The molecule has 0 saturated heterocycles. The molecular formula is C10H9N5O2. The molecule has 0 unspecified atom stereocenters. The number of nitro groups is 1. The predicted molar refractivity (Wildman–Crippen MR) is 57.8 cm³/mol. The van der Waals surface area contributed by atoms with Crippen LogP contribution < -0.4 is 0 Å². The topological polar surface area (TPSA) is 86.7 Å². The van der Waals surface area contributed by atoms with Crippen LogP contribution >= 0.6 is 0 Å². The summed E-state index contributed by atoms with van der Waals surface area (Å²) >= 11 is 0. The molecule has 1 aliphatic rings. The van der Waals surface area contributed by atoms with Crippen LogP contribution in [0.25, 0.3) is 5.82 Å². The third kappa shape index (κ3) is 1.65. The fourth-order valence-electron chi connectivity index (χ4n) is 1.81. The molecule has 0 aliphatic heterocycles. The molecule has 0 aromatic carbocycles. The number of nitrogens with zero attached hydrogens (tertiary/aromatic N) is 5. The van der Waals surface area contributed by atoms with Crippen molar-refractivity contribution in [3.05, 3.63) is 40.6 Å². The van der Waals surface area contributed by atoms with Gasteiger partial charge in [-0.1, -0.05) is 0 Å². The Balaban J connectivity index is 2.14. The maximum Gasteiger partial charge on any atom is 0.310 e. The molecular weight excluding hydrogens is 222 g/mol. The average Bonchev–Trinajstić information content (AvgIpc) is 3.08. The van der Waals surface area contributed by atoms with E-state index in [-0.39, 0.29) is 11.6 Å². The monoisotopic (exact) mass is 231 g/mol. The Bertz CT molecular complexity index is 561. The highest BCUT2D eigenvalue weighted by molar-refractivity contribution is 5.42. The summed E-state index contributed by atoms with van der Waals surface area (Å²) in [7, 11) is 0. The van der Waals surface area contributed by atoms with Gasteiger partial charge in [0.05, 0.1) is 11.1 Å². The van der Waals surface area contributed by atoms with Crippen molar-refractivity contribution in [1.82, 2.24) is 19.7 Å². The lowest BCUT2D eigenvalue weighted by Crippen LogP contribution is -2.04. The summed E-state index contributed by atoms with van der Waals surface area (Å²) in [6, 6.07) is 0. The maximum absolute atomic E-state index is 10.9. The zero-order valence-electron chi connectivity index (χ0n) is 8.85. The number of aromatic nitrogens is 4. The van der Waals surface area contributed by atoms with Crippen molar-refractivity contribution in [3.63, 3.8) is 0 Å². The Morgan fingerprint density at radius 3 is 2.76 bits per heavy atom. The van der Waals surface area contributed by atoms with Gasteiger partial charge in [-0.15, -0.1) is 0 Å². The normalized spacial score (nSPS) is 14.8. The maximum atomic E-state index is 10.9. The molecule has 2 heterocycles. The molecule has 0 spiro atoms. The van der Waals surface area contributed by atoms with Crippen LogP contribution in [0.2, 0.25) is 0 Å². The molecule has 0 radical (unpaired) electrons. The molecule has 1 fully saturated rings. The lowest BCUT2D eigenvalue weighted by molar-refractivity contribution is -0.385. The van der Waals surface area contributed by atoms with E-state index in [0.29, 0.717) is 11.5 Å². The molecule has 2 aromatic heterocycles. The molecule has 7 nitrogen and oxygen atoms in total. The zero-order valence-corrected chi connectivity index (χ0v) is 8.85. The van der Waals surface area contributed by atoms with Gasteiger partial charge in [-0.05, 0) is 12.8 Å². The van der Waals surface area contributed by atoms with E-state index in [2.05, 4.69) is 15.1 Å². The Labute approximate surface area is 96.3 Å². The first kappa shape index (κ1) is 9.88. The highest BCUT2D eigenvalue weighted by atomic mass is 16.6. The van der Waals surface area contributed by atoms with Gasteiger partial charge in [0.2, 0.25) is 0 Å². The minimum absolute atomic E-state index is 0.0677. The quantitative estimate of drug-likeness (QED) is 0.589. The first-order valence-electron chi connectivity index (χ1n) is 5.26. The van der Waals surface area contributed by atoms with Crippen LogP contribution in [-0.2, 0) is 0 Å². The standard InChI is InChI=1S/C10H9N5O2/c16-15(17)8-5-13-14(10(8)7-1-2-7)9-6-11-3-4-12-9/h3-7H,1-2H2. The Morgan fingerprint density at radius 1 is 1.35 bits per heavy atom.